The molecule has 0 spiro atoms. The molecule has 0 fully saturated rings. The lowest BCUT2D eigenvalue weighted by molar-refractivity contribution is 0.696. The Balaban J connectivity index is 2.10. The Bertz CT molecular complexity index is 778. The first-order chi connectivity index (χ1) is 10.9. The van der Waals surface area contributed by atoms with E-state index in [9.17, 15) is 0 Å². The summed E-state index contributed by atoms with van der Waals surface area (Å²) in [6.07, 6.45) is 0. The number of allylic oxidation sites excluding steroid dienone is 4. The minimum Gasteiger partial charge on any atom is -0.0656 e. The van der Waals surface area contributed by atoms with Gasteiger partial charge in [0.25, 0.3) is 0 Å². The highest BCUT2D eigenvalue weighted by atomic mass is 28.2. The number of aryl methyl sites for hydroxylation is 1. The van der Waals surface area contributed by atoms with Crippen LogP contribution in [0, 0.1) is 6.92 Å². The second kappa shape index (κ2) is 5.97. The van der Waals surface area contributed by atoms with E-state index in [-0.39, 0.29) is 5.41 Å². The van der Waals surface area contributed by atoms with Gasteiger partial charge in [0, 0.05) is 5.41 Å². The van der Waals surface area contributed by atoms with Crippen molar-refractivity contribution in [1.29, 1.82) is 0 Å². The number of hydrogen-bond donors (Lipinski definition) is 0. The Morgan fingerprint density at radius 1 is 0.739 bits per heavy atom. The predicted molar refractivity (Wildman–Crippen MR) is 104 cm³/mol. The van der Waals surface area contributed by atoms with Crippen LogP contribution in [-0.2, 0) is 5.41 Å². The van der Waals surface area contributed by atoms with Gasteiger partial charge in [-0.25, -0.2) is 0 Å². The minimum atomic E-state index is -0.466. The molecule has 0 nitrogen and oxygen atoms in total. The molecule has 2 aromatic rings. The molecule has 0 aromatic heterocycles. The van der Waals surface area contributed by atoms with Crippen LogP contribution in [0.2, 0.25) is 0 Å². The normalized spacial score (nSPS) is 21.8. The first-order valence-electron chi connectivity index (χ1n) is 8.44. The Kier molecular flexibility index (Phi) is 4.16. The molecule has 0 N–H and O–H groups in total. The van der Waals surface area contributed by atoms with Gasteiger partial charge in [0.15, 0.2) is 0 Å². The van der Waals surface area contributed by atoms with E-state index in [1.54, 1.807) is 5.20 Å². The van der Waals surface area contributed by atoms with Crippen LogP contribution in [0.4, 0.5) is 0 Å². The van der Waals surface area contributed by atoms with Crippen molar-refractivity contribution in [3.05, 3.63) is 87.6 Å². The van der Waals surface area contributed by atoms with Crippen LogP contribution in [-0.4, -0.2) is 9.52 Å². The predicted octanol–water partition coefficient (Wildman–Crippen LogP) is 4.37. The van der Waals surface area contributed by atoms with Crippen molar-refractivity contribution >= 4 is 14.7 Å². The summed E-state index contributed by atoms with van der Waals surface area (Å²) in [6, 6.07) is 20.2. The minimum absolute atomic E-state index is 0.0733. The van der Waals surface area contributed by atoms with Gasteiger partial charge in [-0.15, -0.1) is 0 Å². The molecule has 1 aliphatic rings. The highest BCUT2D eigenvalue weighted by Gasteiger charge is 2.39. The fourth-order valence-electron chi connectivity index (χ4n) is 3.87. The van der Waals surface area contributed by atoms with Gasteiger partial charge in [0.05, 0.1) is 9.52 Å². The molecule has 1 atom stereocenters. The van der Waals surface area contributed by atoms with Crippen LogP contribution in [0.1, 0.15) is 38.8 Å². The summed E-state index contributed by atoms with van der Waals surface area (Å²) in [5.41, 5.74) is 7.39. The van der Waals surface area contributed by atoms with E-state index in [1.807, 2.05) is 0 Å². The first kappa shape index (κ1) is 16.0. The Hall–Kier alpha value is -1.86. The topological polar surface area (TPSA) is 0 Å². The van der Waals surface area contributed by atoms with E-state index in [1.165, 1.54) is 33.0 Å². The molecule has 0 heterocycles. The molecule has 0 saturated heterocycles. The summed E-state index contributed by atoms with van der Waals surface area (Å²) in [6.45, 7) is 11.5. The average molecular weight is 319 g/mol. The third-order valence-corrected chi connectivity index (χ3v) is 8.25. The van der Waals surface area contributed by atoms with Crippen LogP contribution in [0.5, 0.6) is 0 Å². The lowest BCUT2D eigenvalue weighted by atomic mass is 9.77. The first-order valence-corrected chi connectivity index (χ1v) is 9.85. The van der Waals surface area contributed by atoms with Gasteiger partial charge in [-0.05, 0) is 45.8 Å². The summed E-state index contributed by atoms with van der Waals surface area (Å²) in [4.78, 5) is 0. The van der Waals surface area contributed by atoms with E-state index in [0.29, 0.717) is 0 Å². The maximum absolute atomic E-state index is 2.43. The molecule has 0 saturated carbocycles. The summed E-state index contributed by atoms with van der Waals surface area (Å²) in [5.74, 6) is 0. The van der Waals surface area contributed by atoms with E-state index < -0.39 is 9.52 Å². The molecule has 0 aliphatic heterocycles. The number of hydrogen-bond acceptors (Lipinski definition) is 0. The smallest absolute Gasteiger partial charge is 0.0656 e. The van der Waals surface area contributed by atoms with Crippen LogP contribution in [0.3, 0.4) is 0 Å². The van der Waals surface area contributed by atoms with Crippen LogP contribution in [0.15, 0.2) is 76.5 Å². The largest absolute Gasteiger partial charge is 0.0843 e. The summed E-state index contributed by atoms with van der Waals surface area (Å²) in [7, 11) is -0.466. The third-order valence-electron chi connectivity index (χ3n) is 5.78. The van der Waals surface area contributed by atoms with Gasteiger partial charge in [0.1, 0.15) is 0 Å². The fraction of sp³-hybridized carbons (Fsp3) is 0.273. The molecule has 1 unspecified atom stereocenters. The van der Waals surface area contributed by atoms with Gasteiger partial charge >= 0.3 is 0 Å². The molecule has 0 amide bonds. The molecule has 1 heteroatoms. The van der Waals surface area contributed by atoms with Crippen molar-refractivity contribution in [2.24, 2.45) is 0 Å². The van der Waals surface area contributed by atoms with Crippen LogP contribution >= 0.6 is 0 Å². The van der Waals surface area contributed by atoms with Gasteiger partial charge in [0.2, 0.25) is 0 Å². The molecule has 3 rings (SSSR count). The van der Waals surface area contributed by atoms with E-state index in [4.69, 9.17) is 0 Å². The molecular weight excluding hydrogens is 292 g/mol. The lowest BCUT2D eigenvalue weighted by Crippen LogP contribution is -2.32. The monoisotopic (exact) mass is 318 g/mol. The summed E-state index contributed by atoms with van der Waals surface area (Å²) >= 11 is 0. The Morgan fingerprint density at radius 3 is 1.96 bits per heavy atom. The molecule has 0 radical (unpaired) electrons. The van der Waals surface area contributed by atoms with E-state index in [2.05, 4.69) is 89.2 Å². The Labute approximate surface area is 142 Å². The lowest BCUT2D eigenvalue weighted by Gasteiger charge is -2.32. The summed E-state index contributed by atoms with van der Waals surface area (Å²) in [5, 5.41) is 3.21. The molecule has 2 aromatic carbocycles. The number of benzene rings is 2. The SMILES string of the molecule is CC1=C(C)C(C)(c2ccc(C)cc2)C([SiH2]c2ccccc2)=C1C. The number of rotatable bonds is 3. The second-order valence-corrected chi connectivity index (χ2v) is 8.88. The zero-order valence-electron chi connectivity index (χ0n) is 14.9. The zero-order valence-corrected chi connectivity index (χ0v) is 16.3. The van der Waals surface area contributed by atoms with Crippen molar-refractivity contribution in [2.75, 3.05) is 0 Å². The van der Waals surface area contributed by atoms with Crippen LogP contribution < -0.4 is 5.19 Å². The Morgan fingerprint density at radius 2 is 1.35 bits per heavy atom. The molecule has 23 heavy (non-hydrogen) atoms. The maximum atomic E-state index is 2.43. The molecule has 118 valence electrons. The van der Waals surface area contributed by atoms with E-state index >= 15 is 0 Å². The van der Waals surface area contributed by atoms with Gasteiger partial charge in [-0.1, -0.05) is 81.7 Å². The van der Waals surface area contributed by atoms with Crippen molar-refractivity contribution in [1.82, 2.24) is 0 Å². The molecule has 0 bridgehead atoms. The van der Waals surface area contributed by atoms with Crippen molar-refractivity contribution in [3.8, 4) is 0 Å². The van der Waals surface area contributed by atoms with Crippen molar-refractivity contribution in [3.63, 3.8) is 0 Å². The third kappa shape index (κ3) is 2.64. The van der Waals surface area contributed by atoms with Crippen molar-refractivity contribution < 1.29 is 0 Å². The van der Waals surface area contributed by atoms with Gasteiger partial charge < -0.3 is 0 Å². The maximum Gasteiger partial charge on any atom is 0.0843 e. The average Bonchev–Trinajstić information content (AvgIpc) is 2.73. The van der Waals surface area contributed by atoms with E-state index in [0.717, 1.165) is 0 Å². The molecular formula is C22H26Si. The van der Waals surface area contributed by atoms with Crippen LogP contribution in [0.25, 0.3) is 0 Å². The molecule has 1 aliphatic carbocycles. The van der Waals surface area contributed by atoms with Gasteiger partial charge in [-0.3, -0.25) is 0 Å². The quantitative estimate of drug-likeness (QED) is 0.737. The standard InChI is InChI=1S/C22H26Si/c1-15-11-13-19(14-12-15)22(5)18(4)16(2)17(3)21(22)23-20-9-7-6-8-10-20/h6-14H,23H2,1-5H3. The highest BCUT2D eigenvalue weighted by molar-refractivity contribution is 6.62. The fourth-order valence-corrected chi connectivity index (χ4v) is 6.14. The zero-order chi connectivity index (χ0) is 16.6. The van der Waals surface area contributed by atoms with Crippen molar-refractivity contribution in [2.45, 2.75) is 40.0 Å². The summed E-state index contributed by atoms with van der Waals surface area (Å²) < 4.78 is 0. The highest BCUT2D eigenvalue weighted by Crippen LogP contribution is 2.48. The van der Waals surface area contributed by atoms with Gasteiger partial charge in [-0.2, -0.15) is 0 Å². The second-order valence-electron chi connectivity index (χ2n) is 7.01.